The molecule has 0 saturated carbocycles. The zero-order chi connectivity index (χ0) is 23.8. The molecule has 0 bridgehead atoms. The third-order valence-electron chi connectivity index (χ3n) is 5.77. The Morgan fingerprint density at radius 2 is 1.56 bits per heavy atom. The van der Waals surface area contributed by atoms with Crippen molar-refractivity contribution in [1.82, 2.24) is 20.4 Å². The predicted molar refractivity (Wildman–Crippen MR) is 131 cm³/mol. The Morgan fingerprint density at radius 3 is 2.26 bits per heavy atom. The van der Waals surface area contributed by atoms with Crippen LogP contribution in [0.2, 0.25) is 0 Å². The number of rotatable bonds is 8. The highest BCUT2D eigenvalue weighted by molar-refractivity contribution is 7.15. The molecule has 34 heavy (non-hydrogen) atoms. The summed E-state index contributed by atoms with van der Waals surface area (Å²) in [5.41, 5.74) is 1.91. The van der Waals surface area contributed by atoms with Gasteiger partial charge in [0.15, 0.2) is 0 Å². The van der Waals surface area contributed by atoms with Crippen LogP contribution in [0.1, 0.15) is 44.4 Å². The molecule has 1 aliphatic heterocycles. The van der Waals surface area contributed by atoms with E-state index in [1.807, 2.05) is 36.4 Å². The van der Waals surface area contributed by atoms with Crippen molar-refractivity contribution in [2.24, 2.45) is 5.92 Å². The predicted octanol–water partition coefficient (Wildman–Crippen LogP) is 3.39. The molecule has 2 aromatic carbocycles. The average molecular weight is 478 g/mol. The number of likely N-dealkylation sites (tertiary alicyclic amines) is 1. The molecule has 0 unspecified atom stereocenters. The maximum Gasteiger partial charge on any atom is 0.286 e. The molecule has 0 spiro atoms. The molecule has 0 aliphatic carbocycles. The minimum Gasteiger partial charge on any atom is -0.356 e. The molecule has 1 aliphatic rings. The molecule has 3 aromatic rings. The van der Waals surface area contributed by atoms with Crippen molar-refractivity contribution in [2.45, 2.75) is 25.7 Å². The number of anilines is 1. The maximum atomic E-state index is 12.8. The zero-order valence-electron chi connectivity index (χ0n) is 18.8. The molecule has 2 N–H and O–H groups in total. The van der Waals surface area contributed by atoms with Crippen LogP contribution in [0.25, 0.3) is 0 Å². The van der Waals surface area contributed by atoms with E-state index >= 15 is 0 Å². The van der Waals surface area contributed by atoms with E-state index in [2.05, 4.69) is 33.0 Å². The van der Waals surface area contributed by atoms with E-state index in [0.29, 0.717) is 38.2 Å². The largest absolute Gasteiger partial charge is 0.356 e. The fraction of sp³-hybridized carbons (Fsp3) is 0.320. The quantitative estimate of drug-likeness (QED) is 0.484. The van der Waals surface area contributed by atoms with Gasteiger partial charge < -0.3 is 15.5 Å². The van der Waals surface area contributed by atoms with Gasteiger partial charge in [-0.2, -0.15) is 0 Å². The van der Waals surface area contributed by atoms with Crippen LogP contribution in [0, 0.1) is 5.92 Å². The summed E-state index contributed by atoms with van der Waals surface area (Å²) in [6, 6.07) is 19.2. The number of amides is 3. The Kier molecular flexibility index (Phi) is 7.98. The molecule has 9 heteroatoms. The first kappa shape index (κ1) is 23.6. The van der Waals surface area contributed by atoms with Crippen molar-refractivity contribution in [2.75, 3.05) is 25.0 Å². The topological polar surface area (TPSA) is 104 Å². The fourth-order valence-electron chi connectivity index (χ4n) is 3.88. The summed E-state index contributed by atoms with van der Waals surface area (Å²) in [5.74, 6) is -0.693. The van der Waals surface area contributed by atoms with Crippen LogP contribution in [-0.4, -0.2) is 52.5 Å². The molecule has 1 aromatic heterocycles. The molecule has 3 amide bonds. The van der Waals surface area contributed by atoms with Gasteiger partial charge in [-0.3, -0.25) is 14.4 Å². The van der Waals surface area contributed by atoms with Crippen molar-refractivity contribution >= 4 is 34.7 Å². The Bertz CT molecular complexity index is 1110. The molecular formula is C25H27N5O3S. The van der Waals surface area contributed by atoms with Crippen LogP contribution in [0.15, 0.2) is 60.7 Å². The number of aromatic nitrogens is 2. The van der Waals surface area contributed by atoms with E-state index in [4.69, 9.17) is 0 Å². The third kappa shape index (κ3) is 6.26. The summed E-state index contributed by atoms with van der Waals surface area (Å²) in [4.78, 5) is 39.4. The van der Waals surface area contributed by atoms with Crippen molar-refractivity contribution in [3.63, 3.8) is 0 Å². The number of nitrogens with zero attached hydrogens (tertiary/aromatic N) is 3. The molecule has 0 atom stereocenters. The fourth-order valence-corrected chi connectivity index (χ4v) is 4.59. The van der Waals surface area contributed by atoms with Gasteiger partial charge in [-0.05, 0) is 43.4 Å². The number of piperidine rings is 1. The Balaban J connectivity index is 1.20. The molecule has 176 valence electrons. The number of carbonyl (C=O) groups is 3. The van der Waals surface area contributed by atoms with Gasteiger partial charge in [0.05, 0.1) is 0 Å². The second-order valence-corrected chi connectivity index (χ2v) is 9.16. The van der Waals surface area contributed by atoms with Crippen LogP contribution in [0.3, 0.4) is 0 Å². The lowest BCUT2D eigenvalue weighted by Gasteiger charge is -2.30. The summed E-state index contributed by atoms with van der Waals surface area (Å²) in [6.45, 7) is 1.60. The van der Waals surface area contributed by atoms with E-state index < -0.39 is 5.91 Å². The van der Waals surface area contributed by atoms with E-state index in [0.717, 1.165) is 24.2 Å². The van der Waals surface area contributed by atoms with E-state index in [9.17, 15) is 14.4 Å². The third-order valence-corrected chi connectivity index (χ3v) is 6.68. The average Bonchev–Trinajstić information content (AvgIpc) is 3.38. The lowest BCUT2D eigenvalue weighted by Crippen LogP contribution is -2.43. The molecule has 1 fully saturated rings. The van der Waals surface area contributed by atoms with Gasteiger partial charge in [0, 0.05) is 31.2 Å². The summed E-state index contributed by atoms with van der Waals surface area (Å²) >= 11 is 0.976. The number of carbonyl (C=O) groups excluding carboxylic acids is 3. The van der Waals surface area contributed by atoms with Crippen LogP contribution >= 0.6 is 11.3 Å². The lowest BCUT2D eigenvalue weighted by atomic mass is 9.96. The van der Waals surface area contributed by atoms with Crippen LogP contribution in [-0.2, 0) is 11.2 Å². The first-order chi connectivity index (χ1) is 16.6. The monoisotopic (exact) mass is 477 g/mol. The smallest absolute Gasteiger partial charge is 0.286 e. The summed E-state index contributed by atoms with van der Waals surface area (Å²) < 4.78 is 0. The van der Waals surface area contributed by atoms with E-state index in [-0.39, 0.29) is 27.7 Å². The highest BCUT2D eigenvalue weighted by atomic mass is 32.1. The van der Waals surface area contributed by atoms with E-state index in [1.165, 1.54) is 5.56 Å². The highest BCUT2D eigenvalue weighted by Crippen LogP contribution is 2.21. The summed E-state index contributed by atoms with van der Waals surface area (Å²) in [7, 11) is 0. The minimum atomic E-state index is -0.398. The number of nitrogens with one attached hydrogen (secondary N) is 2. The normalized spacial score (nSPS) is 13.9. The first-order valence-electron chi connectivity index (χ1n) is 11.4. The molecular weight excluding hydrogens is 450 g/mol. The Morgan fingerprint density at radius 1 is 0.912 bits per heavy atom. The van der Waals surface area contributed by atoms with E-state index in [1.54, 1.807) is 17.0 Å². The van der Waals surface area contributed by atoms with Gasteiger partial charge in [-0.1, -0.05) is 59.9 Å². The van der Waals surface area contributed by atoms with Gasteiger partial charge in [0.2, 0.25) is 15.9 Å². The Labute approximate surface area is 202 Å². The minimum absolute atomic E-state index is 0.0518. The summed E-state index contributed by atoms with van der Waals surface area (Å²) in [6.07, 6.45) is 3.04. The molecule has 0 radical (unpaired) electrons. The highest BCUT2D eigenvalue weighted by Gasteiger charge is 2.29. The number of para-hydroxylation sites is 1. The number of benzene rings is 2. The van der Waals surface area contributed by atoms with Gasteiger partial charge in [0.25, 0.3) is 11.8 Å². The molecule has 1 saturated heterocycles. The van der Waals surface area contributed by atoms with Crippen molar-refractivity contribution < 1.29 is 14.4 Å². The SMILES string of the molecule is O=C(Nc1ccccc1)c1nnc(C(=O)N2CCC(C(=O)NCCCc3ccccc3)CC2)s1. The Hall–Kier alpha value is -3.59. The molecule has 4 rings (SSSR count). The van der Waals surface area contributed by atoms with Gasteiger partial charge in [0.1, 0.15) is 0 Å². The second kappa shape index (κ2) is 11.5. The summed E-state index contributed by atoms with van der Waals surface area (Å²) in [5, 5.41) is 13.9. The van der Waals surface area contributed by atoms with Gasteiger partial charge in [-0.25, -0.2) is 0 Å². The first-order valence-corrected chi connectivity index (χ1v) is 12.2. The van der Waals surface area contributed by atoms with Crippen LogP contribution in [0.5, 0.6) is 0 Å². The lowest BCUT2D eigenvalue weighted by molar-refractivity contribution is -0.126. The van der Waals surface area contributed by atoms with Crippen LogP contribution in [0.4, 0.5) is 5.69 Å². The van der Waals surface area contributed by atoms with Crippen molar-refractivity contribution in [3.05, 3.63) is 76.2 Å². The van der Waals surface area contributed by atoms with Crippen molar-refractivity contribution in [1.29, 1.82) is 0 Å². The van der Waals surface area contributed by atoms with Crippen LogP contribution < -0.4 is 10.6 Å². The number of aryl methyl sites for hydroxylation is 1. The van der Waals surface area contributed by atoms with Gasteiger partial charge >= 0.3 is 0 Å². The maximum absolute atomic E-state index is 12.8. The standard InChI is InChI=1S/C25H27N5O3S/c31-21(26-15-7-10-18-8-3-1-4-9-18)19-13-16-30(17-14-19)25(33)24-29-28-23(34-24)22(32)27-20-11-5-2-6-12-20/h1-6,8-9,11-12,19H,7,10,13-17H2,(H,26,31)(H,27,32). The number of hydrogen-bond donors (Lipinski definition) is 2. The molecule has 2 heterocycles. The van der Waals surface area contributed by atoms with Crippen molar-refractivity contribution in [3.8, 4) is 0 Å². The van der Waals surface area contributed by atoms with Gasteiger partial charge in [-0.15, -0.1) is 10.2 Å². The second-order valence-electron chi connectivity index (χ2n) is 8.18. The zero-order valence-corrected chi connectivity index (χ0v) is 19.6. The molecule has 8 nitrogen and oxygen atoms in total. The number of hydrogen-bond acceptors (Lipinski definition) is 6.